The lowest BCUT2D eigenvalue weighted by atomic mass is 9.97. The van der Waals surface area contributed by atoms with E-state index in [-0.39, 0.29) is 23.9 Å². The maximum atomic E-state index is 12.7. The molecule has 5 amide bonds. The van der Waals surface area contributed by atoms with Crippen molar-refractivity contribution in [2.24, 2.45) is 11.8 Å². The van der Waals surface area contributed by atoms with Crippen LogP contribution in [0.3, 0.4) is 0 Å². The minimum atomic E-state index is -0.340. The second kappa shape index (κ2) is 10.2. The molecule has 0 spiro atoms. The molecule has 2 aromatic rings. The van der Waals surface area contributed by atoms with Crippen molar-refractivity contribution < 1.29 is 14.4 Å². The molecular weight excluding hydrogens is 406 g/mol. The van der Waals surface area contributed by atoms with Crippen LogP contribution >= 0.6 is 0 Å². The number of likely N-dealkylation sites (tertiary alicyclic amines) is 1. The predicted molar refractivity (Wildman–Crippen MR) is 125 cm³/mol. The molecule has 2 aromatic carbocycles. The molecule has 2 aliphatic rings. The van der Waals surface area contributed by atoms with E-state index in [1.54, 1.807) is 41.3 Å². The van der Waals surface area contributed by atoms with Gasteiger partial charge in [0, 0.05) is 36.7 Å². The number of hydrogen-bond donors (Lipinski definition) is 4. The number of rotatable bonds is 6. The quantitative estimate of drug-likeness (QED) is 0.549. The summed E-state index contributed by atoms with van der Waals surface area (Å²) in [5, 5.41) is 11.4. The van der Waals surface area contributed by atoms with E-state index in [1.165, 1.54) is 12.8 Å². The van der Waals surface area contributed by atoms with Crippen molar-refractivity contribution in [3.8, 4) is 0 Å². The van der Waals surface area contributed by atoms with Gasteiger partial charge in [0.15, 0.2) is 0 Å². The molecule has 0 bridgehead atoms. The number of nitrogens with zero attached hydrogens (tertiary/aromatic N) is 1. The third-order valence-corrected chi connectivity index (χ3v) is 5.77. The Bertz CT molecular complexity index is 944. The Morgan fingerprint density at radius 1 is 0.812 bits per heavy atom. The number of piperidine rings is 1. The summed E-state index contributed by atoms with van der Waals surface area (Å²) < 4.78 is 0. The van der Waals surface area contributed by atoms with Gasteiger partial charge in [-0.2, -0.15) is 0 Å². The summed E-state index contributed by atoms with van der Waals surface area (Å²) >= 11 is 0. The number of anilines is 3. The van der Waals surface area contributed by atoms with Crippen molar-refractivity contribution in [1.82, 2.24) is 10.2 Å². The normalized spacial score (nSPS) is 17.9. The Labute approximate surface area is 187 Å². The van der Waals surface area contributed by atoms with Crippen molar-refractivity contribution in [1.29, 1.82) is 0 Å². The molecule has 4 rings (SSSR count). The lowest BCUT2D eigenvalue weighted by Crippen LogP contribution is -2.47. The zero-order chi connectivity index (χ0) is 22.3. The molecule has 32 heavy (non-hydrogen) atoms. The number of carbonyl (C=O) groups excluding carboxylic acids is 3. The van der Waals surface area contributed by atoms with E-state index in [2.05, 4.69) is 21.3 Å². The molecule has 2 fully saturated rings. The minimum absolute atomic E-state index is 0.0543. The van der Waals surface area contributed by atoms with Crippen LogP contribution in [0.15, 0.2) is 54.6 Å². The third-order valence-electron chi connectivity index (χ3n) is 5.77. The highest BCUT2D eigenvalue weighted by Crippen LogP contribution is 2.28. The average Bonchev–Trinajstić information content (AvgIpc) is 3.64. The predicted octanol–water partition coefficient (Wildman–Crippen LogP) is 4.10. The fourth-order valence-electron chi connectivity index (χ4n) is 3.74. The van der Waals surface area contributed by atoms with E-state index in [0.717, 1.165) is 19.4 Å². The molecule has 1 saturated carbocycles. The molecule has 1 saturated heterocycles. The van der Waals surface area contributed by atoms with Crippen LogP contribution in [0.5, 0.6) is 0 Å². The fourth-order valence-corrected chi connectivity index (χ4v) is 3.74. The van der Waals surface area contributed by atoms with Gasteiger partial charge >= 0.3 is 12.1 Å². The molecule has 8 nitrogen and oxygen atoms in total. The van der Waals surface area contributed by atoms with Crippen LogP contribution in [0, 0.1) is 11.8 Å². The topological polar surface area (TPSA) is 103 Å². The van der Waals surface area contributed by atoms with E-state index >= 15 is 0 Å². The molecule has 168 valence electrons. The van der Waals surface area contributed by atoms with Crippen LogP contribution in [-0.2, 0) is 4.79 Å². The summed E-state index contributed by atoms with van der Waals surface area (Å²) in [6, 6.07) is 15.6. The molecular formula is C24H29N5O3. The summed E-state index contributed by atoms with van der Waals surface area (Å²) in [5.41, 5.74) is 1.95. The summed E-state index contributed by atoms with van der Waals surface area (Å²) in [6.07, 6.45) is 4.02. The van der Waals surface area contributed by atoms with Crippen LogP contribution in [-0.4, -0.2) is 42.5 Å². The molecule has 1 unspecified atom stereocenters. The number of nitrogens with one attached hydrogen (secondary N) is 4. The number of urea groups is 2. The Morgan fingerprint density at radius 2 is 1.44 bits per heavy atom. The van der Waals surface area contributed by atoms with Crippen molar-refractivity contribution in [2.45, 2.75) is 25.7 Å². The van der Waals surface area contributed by atoms with Gasteiger partial charge < -0.3 is 26.2 Å². The maximum absolute atomic E-state index is 12.7. The molecule has 4 N–H and O–H groups in total. The number of carbonyl (C=O) groups is 3. The van der Waals surface area contributed by atoms with Gasteiger partial charge in [-0.1, -0.05) is 18.2 Å². The highest BCUT2D eigenvalue weighted by molar-refractivity contribution is 6.00. The van der Waals surface area contributed by atoms with Gasteiger partial charge in [0.25, 0.3) is 0 Å². The van der Waals surface area contributed by atoms with Gasteiger partial charge in [0.1, 0.15) is 0 Å². The number of para-hydroxylation sites is 1. The Kier molecular flexibility index (Phi) is 6.89. The second-order valence-electron chi connectivity index (χ2n) is 8.43. The summed E-state index contributed by atoms with van der Waals surface area (Å²) in [5.74, 6) is 0.547. The fraction of sp³-hybridized carbons (Fsp3) is 0.375. The first-order chi connectivity index (χ1) is 15.6. The monoisotopic (exact) mass is 435 g/mol. The molecule has 1 heterocycles. The van der Waals surface area contributed by atoms with Crippen LogP contribution < -0.4 is 21.3 Å². The zero-order valence-corrected chi connectivity index (χ0v) is 18.0. The van der Waals surface area contributed by atoms with Crippen LogP contribution in [0.4, 0.5) is 26.7 Å². The van der Waals surface area contributed by atoms with Gasteiger partial charge in [0.2, 0.25) is 5.91 Å². The molecule has 8 heteroatoms. The molecule has 1 aliphatic heterocycles. The summed E-state index contributed by atoms with van der Waals surface area (Å²) in [6.45, 7) is 1.82. The van der Waals surface area contributed by atoms with Gasteiger partial charge in [-0.15, -0.1) is 0 Å². The lowest BCUT2D eigenvalue weighted by Gasteiger charge is -2.32. The number of hydrogen-bond acceptors (Lipinski definition) is 3. The Hall–Kier alpha value is -3.55. The number of amides is 5. The first kappa shape index (κ1) is 21.7. The van der Waals surface area contributed by atoms with Crippen LogP contribution in [0.2, 0.25) is 0 Å². The Morgan fingerprint density at radius 3 is 2.09 bits per heavy atom. The summed E-state index contributed by atoms with van der Waals surface area (Å²) in [7, 11) is 0. The molecule has 0 aromatic heterocycles. The van der Waals surface area contributed by atoms with Crippen molar-refractivity contribution >= 4 is 35.0 Å². The van der Waals surface area contributed by atoms with Crippen LogP contribution in [0.1, 0.15) is 25.7 Å². The average molecular weight is 436 g/mol. The lowest BCUT2D eigenvalue weighted by molar-refractivity contribution is -0.126. The number of benzene rings is 2. The first-order valence-electron chi connectivity index (χ1n) is 11.1. The van der Waals surface area contributed by atoms with Gasteiger partial charge in [-0.3, -0.25) is 4.79 Å². The smallest absolute Gasteiger partial charge is 0.323 e. The van der Waals surface area contributed by atoms with Crippen molar-refractivity contribution in [3.05, 3.63) is 54.6 Å². The molecule has 0 radical (unpaired) electrons. The van der Waals surface area contributed by atoms with Crippen LogP contribution in [0.25, 0.3) is 0 Å². The SMILES string of the molecule is O=C(Nc1ccccc1)Nc1ccc(NC(=O)N2CCCC(C(=O)NCC3CC3)C2)cc1. The maximum Gasteiger partial charge on any atom is 0.323 e. The molecule has 1 atom stereocenters. The van der Waals surface area contributed by atoms with E-state index in [1.807, 2.05) is 18.2 Å². The van der Waals surface area contributed by atoms with Gasteiger partial charge in [0.05, 0.1) is 5.92 Å². The van der Waals surface area contributed by atoms with Crippen molar-refractivity contribution in [3.63, 3.8) is 0 Å². The third kappa shape index (κ3) is 6.23. The molecule has 1 aliphatic carbocycles. The summed E-state index contributed by atoms with van der Waals surface area (Å²) in [4.78, 5) is 38.9. The Balaban J connectivity index is 1.24. The minimum Gasteiger partial charge on any atom is -0.356 e. The highest BCUT2D eigenvalue weighted by Gasteiger charge is 2.30. The van der Waals surface area contributed by atoms with Gasteiger partial charge in [-0.25, -0.2) is 9.59 Å². The first-order valence-corrected chi connectivity index (χ1v) is 11.1. The largest absolute Gasteiger partial charge is 0.356 e. The second-order valence-corrected chi connectivity index (χ2v) is 8.43. The van der Waals surface area contributed by atoms with E-state index in [9.17, 15) is 14.4 Å². The van der Waals surface area contributed by atoms with E-state index < -0.39 is 0 Å². The van der Waals surface area contributed by atoms with Crippen molar-refractivity contribution in [2.75, 3.05) is 35.6 Å². The standard InChI is InChI=1S/C24H29N5O3/c30-22(25-15-17-8-9-17)18-5-4-14-29(16-18)24(32)28-21-12-10-20(11-13-21)27-23(31)26-19-6-2-1-3-7-19/h1-3,6-7,10-13,17-18H,4-5,8-9,14-16H2,(H,25,30)(H,28,32)(H2,26,27,31). The highest BCUT2D eigenvalue weighted by atomic mass is 16.2. The van der Waals surface area contributed by atoms with E-state index in [4.69, 9.17) is 0 Å². The van der Waals surface area contributed by atoms with Gasteiger partial charge in [-0.05, 0) is 68.0 Å². The zero-order valence-electron chi connectivity index (χ0n) is 18.0. The van der Waals surface area contributed by atoms with E-state index in [0.29, 0.717) is 36.1 Å².